The van der Waals surface area contributed by atoms with Gasteiger partial charge in [-0.05, 0) is 17.2 Å². The zero-order valence-electron chi connectivity index (χ0n) is 16.3. The number of rotatable bonds is 5. The molecule has 0 aliphatic carbocycles. The number of pyridine rings is 1. The lowest BCUT2D eigenvalue weighted by Gasteiger charge is -2.08. The van der Waals surface area contributed by atoms with Crippen LogP contribution in [0.15, 0.2) is 73.6 Å². The lowest BCUT2D eigenvalue weighted by atomic mass is 10.1. The molecule has 0 saturated heterocycles. The molecule has 4 heterocycles. The molecule has 8 nitrogen and oxygen atoms in total. The summed E-state index contributed by atoms with van der Waals surface area (Å²) in [5.41, 5.74) is 5.61. The summed E-state index contributed by atoms with van der Waals surface area (Å²) >= 11 is 0. The van der Waals surface area contributed by atoms with Gasteiger partial charge in [0.2, 0.25) is 0 Å². The summed E-state index contributed by atoms with van der Waals surface area (Å²) in [4.78, 5) is 13.0. The van der Waals surface area contributed by atoms with E-state index in [2.05, 4.69) is 49.6 Å². The normalized spacial score (nSPS) is 11.1. The van der Waals surface area contributed by atoms with Gasteiger partial charge in [0.25, 0.3) is 0 Å². The first-order valence-corrected chi connectivity index (χ1v) is 9.46. The maximum Gasteiger partial charge on any atom is 0.140 e. The molecule has 148 valence electrons. The first-order chi connectivity index (χ1) is 14.7. The van der Waals surface area contributed by atoms with Crippen LogP contribution in [0, 0.1) is 0 Å². The Morgan fingerprint density at radius 3 is 2.63 bits per heavy atom. The Morgan fingerprint density at radius 1 is 0.967 bits per heavy atom. The van der Waals surface area contributed by atoms with E-state index in [0.717, 1.165) is 33.9 Å². The van der Waals surface area contributed by atoms with Crippen LogP contribution in [0.25, 0.3) is 28.2 Å². The molecule has 0 unspecified atom stereocenters. The lowest BCUT2D eigenvalue weighted by Crippen LogP contribution is -2.02. The van der Waals surface area contributed by atoms with Crippen molar-refractivity contribution in [2.24, 2.45) is 7.05 Å². The minimum Gasteiger partial charge on any atom is -0.508 e. The number of aryl methyl sites for hydroxylation is 1. The van der Waals surface area contributed by atoms with Crippen LogP contribution in [-0.4, -0.2) is 34.2 Å². The number of anilines is 1. The van der Waals surface area contributed by atoms with Crippen LogP contribution in [0.5, 0.6) is 5.75 Å². The van der Waals surface area contributed by atoms with Crippen molar-refractivity contribution in [2.75, 3.05) is 5.32 Å². The van der Waals surface area contributed by atoms with E-state index in [9.17, 15) is 5.11 Å². The molecule has 1 aromatic carbocycles. The van der Waals surface area contributed by atoms with E-state index in [1.165, 1.54) is 6.33 Å². The van der Waals surface area contributed by atoms with Crippen LogP contribution in [0.3, 0.4) is 0 Å². The molecule has 4 aromatic heterocycles. The smallest absolute Gasteiger partial charge is 0.140 e. The van der Waals surface area contributed by atoms with Crippen LogP contribution >= 0.6 is 0 Å². The van der Waals surface area contributed by atoms with Gasteiger partial charge in [-0.15, -0.1) is 0 Å². The van der Waals surface area contributed by atoms with E-state index < -0.39 is 0 Å². The second-order valence-electron chi connectivity index (χ2n) is 7.00. The molecular weight excluding hydrogens is 378 g/mol. The van der Waals surface area contributed by atoms with Crippen LogP contribution in [0.4, 0.5) is 5.82 Å². The summed E-state index contributed by atoms with van der Waals surface area (Å²) in [5, 5.41) is 17.2. The van der Waals surface area contributed by atoms with Crippen LogP contribution in [-0.2, 0) is 13.6 Å². The number of imidazole rings is 1. The van der Waals surface area contributed by atoms with Crippen molar-refractivity contribution in [3.63, 3.8) is 0 Å². The molecule has 30 heavy (non-hydrogen) atoms. The fraction of sp³-hybridized carbons (Fsp3) is 0.0909. The molecule has 0 spiro atoms. The second-order valence-corrected chi connectivity index (χ2v) is 7.00. The van der Waals surface area contributed by atoms with Crippen molar-refractivity contribution in [3.05, 3.63) is 79.1 Å². The standard InChI is InChI=1S/C22H19N7O/c1-28-13-17(11-27-28)16-4-2-15(3-5-16)10-23-21-9-19(25-14-26-21)20-12-24-22-8-18(30)6-7-29(20)22/h2-9,11-14,30H,10H2,1H3,(H,23,25,26). The maximum absolute atomic E-state index is 9.62. The molecule has 0 bridgehead atoms. The number of hydrogen-bond acceptors (Lipinski definition) is 6. The largest absolute Gasteiger partial charge is 0.508 e. The van der Waals surface area contributed by atoms with Crippen molar-refractivity contribution in [2.45, 2.75) is 6.54 Å². The highest BCUT2D eigenvalue weighted by Gasteiger charge is 2.09. The number of aromatic hydroxyl groups is 1. The number of hydrogen-bond donors (Lipinski definition) is 2. The summed E-state index contributed by atoms with van der Waals surface area (Å²) in [7, 11) is 1.91. The highest BCUT2D eigenvalue weighted by Crippen LogP contribution is 2.23. The molecule has 0 aliphatic heterocycles. The number of fused-ring (bicyclic) bond motifs is 1. The fourth-order valence-corrected chi connectivity index (χ4v) is 3.33. The summed E-state index contributed by atoms with van der Waals surface area (Å²) < 4.78 is 3.67. The van der Waals surface area contributed by atoms with E-state index in [0.29, 0.717) is 12.2 Å². The molecule has 5 rings (SSSR count). The predicted molar refractivity (Wildman–Crippen MR) is 114 cm³/mol. The average molecular weight is 397 g/mol. The van der Waals surface area contributed by atoms with E-state index in [1.807, 2.05) is 29.9 Å². The molecule has 0 amide bonds. The predicted octanol–water partition coefficient (Wildman–Crippen LogP) is 3.51. The summed E-state index contributed by atoms with van der Waals surface area (Å²) in [6.45, 7) is 0.644. The van der Waals surface area contributed by atoms with E-state index in [-0.39, 0.29) is 5.75 Å². The molecule has 0 radical (unpaired) electrons. The minimum absolute atomic E-state index is 0.180. The van der Waals surface area contributed by atoms with Crippen molar-refractivity contribution in [3.8, 4) is 28.3 Å². The first-order valence-electron chi connectivity index (χ1n) is 9.46. The zero-order valence-corrected chi connectivity index (χ0v) is 16.3. The van der Waals surface area contributed by atoms with Gasteiger partial charge in [-0.3, -0.25) is 9.08 Å². The summed E-state index contributed by atoms with van der Waals surface area (Å²) in [6, 6.07) is 13.5. The second kappa shape index (κ2) is 7.32. The number of aromatic nitrogens is 6. The van der Waals surface area contributed by atoms with Gasteiger partial charge in [0.1, 0.15) is 23.5 Å². The van der Waals surface area contributed by atoms with Crippen LogP contribution in [0.1, 0.15) is 5.56 Å². The van der Waals surface area contributed by atoms with Crippen molar-refractivity contribution in [1.82, 2.24) is 29.1 Å². The fourth-order valence-electron chi connectivity index (χ4n) is 3.33. The average Bonchev–Trinajstić information content (AvgIpc) is 3.39. The van der Waals surface area contributed by atoms with E-state index in [4.69, 9.17) is 0 Å². The third kappa shape index (κ3) is 3.46. The molecule has 2 N–H and O–H groups in total. The zero-order chi connectivity index (χ0) is 20.5. The monoisotopic (exact) mass is 397 g/mol. The van der Waals surface area contributed by atoms with Gasteiger partial charge in [0.15, 0.2) is 0 Å². The van der Waals surface area contributed by atoms with Gasteiger partial charge in [-0.25, -0.2) is 15.0 Å². The molecule has 0 aliphatic rings. The Bertz CT molecular complexity index is 1320. The number of nitrogens with one attached hydrogen (secondary N) is 1. The minimum atomic E-state index is 0.180. The quantitative estimate of drug-likeness (QED) is 0.471. The summed E-state index contributed by atoms with van der Waals surface area (Å²) in [5.74, 6) is 0.907. The van der Waals surface area contributed by atoms with Crippen LogP contribution < -0.4 is 5.32 Å². The lowest BCUT2D eigenvalue weighted by molar-refractivity contribution is 0.475. The Morgan fingerprint density at radius 2 is 1.83 bits per heavy atom. The van der Waals surface area contributed by atoms with E-state index >= 15 is 0 Å². The Labute approximate surface area is 172 Å². The molecule has 0 atom stereocenters. The Hall–Kier alpha value is -4.20. The maximum atomic E-state index is 9.62. The molecule has 0 fully saturated rings. The van der Waals surface area contributed by atoms with Gasteiger partial charge in [0.05, 0.1) is 23.8 Å². The highest BCUT2D eigenvalue weighted by molar-refractivity contribution is 5.64. The van der Waals surface area contributed by atoms with Gasteiger partial charge in [-0.1, -0.05) is 24.3 Å². The molecule has 5 aromatic rings. The van der Waals surface area contributed by atoms with Crippen molar-refractivity contribution in [1.29, 1.82) is 0 Å². The Kier molecular flexibility index (Phi) is 4.36. The van der Waals surface area contributed by atoms with E-state index in [1.54, 1.807) is 29.2 Å². The number of benzene rings is 1. The van der Waals surface area contributed by atoms with Crippen molar-refractivity contribution >= 4 is 11.5 Å². The molecule has 0 saturated carbocycles. The SMILES string of the molecule is Cn1cc(-c2ccc(CNc3cc(-c4cnc5cc(O)ccn45)ncn3)cc2)cn1. The van der Waals surface area contributed by atoms with Crippen LogP contribution in [0.2, 0.25) is 0 Å². The van der Waals surface area contributed by atoms with Gasteiger partial charge < -0.3 is 10.4 Å². The number of nitrogens with zero attached hydrogens (tertiary/aromatic N) is 6. The highest BCUT2D eigenvalue weighted by atomic mass is 16.3. The van der Waals surface area contributed by atoms with Gasteiger partial charge in [-0.2, -0.15) is 5.10 Å². The van der Waals surface area contributed by atoms with Gasteiger partial charge >= 0.3 is 0 Å². The third-order valence-electron chi connectivity index (χ3n) is 4.89. The first kappa shape index (κ1) is 17.9. The Balaban J connectivity index is 1.32. The molecule has 8 heteroatoms. The third-order valence-corrected chi connectivity index (χ3v) is 4.89. The topological polar surface area (TPSA) is 93.2 Å². The molecular formula is C22H19N7O. The summed E-state index contributed by atoms with van der Waals surface area (Å²) in [6.07, 6.45) is 8.89. The van der Waals surface area contributed by atoms with Gasteiger partial charge in [0, 0.05) is 43.7 Å². The van der Waals surface area contributed by atoms with Crippen molar-refractivity contribution < 1.29 is 5.11 Å².